The Morgan fingerprint density at radius 2 is 2.33 bits per heavy atom. The number of hydrogen-bond acceptors (Lipinski definition) is 4. The standard InChI is InChI=1S/C16H14N2O2S/c19-8-1-2-12-3-4-14(17-10-12)16(20)18-7-5-15-13(11-18)6-9-21-15/h3-4,6,9-10,19H,5,7-8,11H2. The van der Waals surface area contributed by atoms with E-state index in [9.17, 15) is 4.79 Å². The number of hydrogen-bond donors (Lipinski definition) is 1. The Morgan fingerprint density at radius 1 is 1.43 bits per heavy atom. The highest BCUT2D eigenvalue weighted by Crippen LogP contribution is 2.24. The van der Waals surface area contributed by atoms with E-state index in [1.165, 1.54) is 10.4 Å². The van der Waals surface area contributed by atoms with Crippen LogP contribution in [0.5, 0.6) is 0 Å². The highest BCUT2D eigenvalue weighted by Gasteiger charge is 2.23. The number of amides is 1. The van der Waals surface area contributed by atoms with E-state index >= 15 is 0 Å². The van der Waals surface area contributed by atoms with Gasteiger partial charge in [0.2, 0.25) is 0 Å². The first kappa shape index (κ1) is 13.8. The third kappa shape index (κ3) is 2.97. The highest BCUT2D eigenvalue weighted by molar-refractivity contribution is 7.10. The number of aliphatic hydroxyl groups is 1. The second-order valence-electron chi connectivity index (χ2n) is 4.74. The molecular weight excluding hydrogens is 284 g/mol. The molecule has 5 heteroatoms. The van der Waals surface area contributed by atoms with Gasteiger partial charge in [0.15, 0.2) is 0 Å². The summed E-state index contributed by atoms with van der Waals surface area (Å²) in [6.45, 7) is 1.21. The van der Waals surface area contributed by atoms with Crippen LogP contribution in [0.3, 0.4) is 0 Å². The summed E-state index contributed by atoms with van der Waals surface area (Å²) in [6.07, 6.45) is 2.48. The van der Waals surface area contributed by atoms with Crippen LogP contribution in [0.25, 0.3) is 0 Å². The fraction of sp³-hybridized carbons (Fsp3) is 0.250. The number of carbonyl (C=O) groups excluding carboxylic acids is 1. The summed E-state index contributed by atoms with van der Waals surface area (Å²) in [5.74, 6) is 5.27. The topological polar surface area (TPSA) is 53.4 Å². The molecule has 2 aromatic heterocycles. The Balaban J connectivity index is 1.74. The predicted molar refractivity (Wildman–Crippen MR) is 81.0 cm³/mol. The molecule has 2 aromatic rings. The van der Waals surface area contributed by atoms with Crippen LogP contribution in [0.4, 0.5) is 0 Å². The van der Waals surface area contributed by atoms with Crippen molar-refractivity contribution in [2.24, 2.45) is 0 Å². The smallest absolute Gasteiger partial charge is 0.272 e. The van der Waals surface area contributed by atoms with Gasteiger partial charge in [-0.1, -0.05) is 11.8 Å². The van der Waals surface area contributed by atoms with Crippen molar-refractivity contribution in [2.75, 3.05) is 13.2 Å². The van der Waals surface area contributed by atoms with Crippen molar-refractivity contribution in [3.8, 4) is 11.8 Å². The van der Waals surface area contributed by atoms with Gasteiger partial charge in [-0.05, 0) is 35.6 Å². The molecule has 1 amide bonds. The molecule has 21 heavy (non-hydrogen) atoms. The van der Waals surface area contributed by atoms with Crippen LogP contribution < -0.4 is 0 Å². The van der Waals surface area contributed by atoms with Crippen LogP contribution in [0.2, 0.25) is 0 Å². The van der Waals surface area contributed by atoms with Crippen LogP contribution in [0.1, 0.15) is 26.5 Å². The summed E-state index contributed by atoms with van der Waals surface area (Å²) in [7, 11) is 0. The van der Waals surface area contributed by atoms with Crippen molar-refractivity contribution in [3.63, 3.8) is 0 Å². The SMILES string of the molecule is O=C(c1ccc(C#CCO)cn1)N1CCc2sccc2C1. The fourth-order valence-electron chi connectivity index (χ4n) is 2.32. The first-order valence-corrected chi connectivity index (χ1v) is 7.56. The van der Waals surface area contributed by atoms with Gasteiger partial charge in [-0.2, -0.15) is 0 Å². The molecule has 0 aromatic carbocycles. The van der Waals surface area contributed by atoms with Gasteiger partial charge in [0.1, 0.15) is 12.3 Å². The van der Waals surface area contributed by atoms with Gasteiger partial charge >= 0.3 is 0 Å². The largest absolute Gasteiger partial charge is 0.384 e. The number of carbonyl (C=O) groups is 1. The number of thiophene rings is 1. The van der Waals surface area contributed by atoms with Gasteiger partial charge in [-0.15, -0.1) is 11.3 Å². The van der Waals surface area contributed by atoms with Crippen LogP contribution in [-0.2, 0) is 13.0 Å². The number of aromatic nitrogens is 1. The molecule has 0 fully saturated rings. The number of pyridine rings is 1. The van der Waals surface area contributed by atoms with E-state index in [0.717, 1.165) is 13.0 Å². The lowest BCUT2D eigenvalue weighted by Gasteiger charge is -2.26. The summed E-state index contributed by atoms with van der Waals surface area (Å²) in [5, 5.41) is 10.7. The average Bonchev–Trinajstić information content (AvgIpc) is 3.00. The van der Waals surface area contributed by atoms with Gasteiger partial charge in [0, 0.05) is 29.7 Å². The minimum Gasteiger partial charge on any atom is -0.384 e. The third-order valence-corrected chi connectivity index (χ3v) is 4.41. The van der Waals surface area contributed by atoms with Crippen molar-refractivity contribution in [2.45, 2.75) is 13.0 Å². The van der Waals surface area contributed by atoms with Crippen molar-refractivity contribution in [1.29, 1.82) is 0 Å². The molecule has 3 heterocycles. The van der Waals surface area contributed by atoms with Crippen LogP contribution in [-0.4, -0.2) is 34.0 Å². The van der Waals surface area contributed by atoms with E-state index < -0.39 is 0 Å². The minimum atomic E-state index is -0.183. The summed E-state index contributed by atoms with van der Waals surface area (Å²) < 4.78 is 0. The highest BCUT2D eigenvalue weighted by atomic mass is 32.1. The zero-order valence-corrected chi connectivity index (χ0v) is 12.2. The first-order valence-electron chi connectivity index (χ1n) is 6.68. The van der Waals surface area contributed by atoms with Crippen LogP contribution in [0, 0.1) is 11.8 Å². The Hall–Kier alpha value is -2.16. The van der Waals surface area contributed by atoms with E-state index in [1.807, 2.05) is 4.90 Å². The molecule has 0 saturated heterocycles. The number of nitrogens with zero attached hydrogens (tertiary/aromatic N) is 2. The summed E-state index contributed by atoms with van der Waals surface area (Å²) in [4.78, 5) is 19.8. The maximum atomic E-state index is 12.4. The molecule has 0 aliphatic carbocycles. The predicted octanol–water partition coefficient (Wildman–Crippen LogP) is 1.69. The van der Waals surface area contributed by atoms with Crippen molar-refractivity contribution in [1.82, 2.24) is 9.88 Å². The van der Waals surface area contributed by atoms with Gasteiger partial charge < -0.3 is 10.0 Å². The summed E-state index contributed by atoms with van der Waals surface area (Å²) in [6, 6.07) is 5.52. The molecular formula is C16H14N2O2S. The molecule has 1 aliphatic heterocycles. The number of aliphatic hydroxyl groups excluding tert-OH is 1. The zero-order chi connectivity index (χ0) is 14.7. The average molecular weight is 298 g/mol. The Morgan fingerprint density at radius 3 is 3.10 bits per heavy atom. The zero-order valence-electron chi connectivity index (χ0n) is 11.4. The molecule has 106 valence electrons. The van der Waals surface area contributed by atoms with Gasteiger partial charge in [-0.3, -0.25) is 4.79 Å². The van der Waals surface area contributed by atoms with E-state index in [1.54, 1.807) is 29.7 Å². The van der Waals surface area contributed by atoms with Crippen molar-refractivity contribution >= 4 is 17.2 Å². The van der Waals surface area contributed by atoms with Crippen LogP contribution in [0.15, 0.2) is 29.8 Å². The van der Waals surface area contributed by atoms with E-state index in [0.29, 0.717) is 17.8 Å². The van der Waals surface area contributed by atoms with Gasteiger partial charge in [0.25, 0.3) is 5.91 Å². The van der Waals surface area contributed by atoms with E-state index in [2.05, 4.69) is 28.3 Å². The van der Waals surface area contributed by atoms with Gasteiger partial charge in [0.05, 0.1) is 0 Å². The number of fused-ring (bicyclic) bond motifs is 1. The summed E-state index contributed by atoms with van der Waals surface area (Å²) >= 11 is 1.76. The van der Waals surface area contributed by atoms with Crippen molar-refractivity contribution < 1.29 is 9.90 Å². The molecule has 3 rings (SSSR count). The van der Waals surface area contributed by atoms with Gasteiger partial charge in [-0.25, -0.2) is 4.98 Å². The molecule has 0 unspecified atom stereocenters. The second kappa shape index (κ2) is 6.08. The van der Waals surface area contributed by atoms with E-state index in [-0.39, 0.29) is 12.5 Å². The maximum Gasteiger partial charge on any atom is 0.272 e. The maximum absolute atomic E-state index is 12.4. The number of rotatable bonds is 1. The van der Waals surface area contributed by atoms with Crippen molar-refractivity contribution in [3.05, 3.63) is 51.5 Å². The monoisotopic (exact) mass is 298 g/mol. The Kier molecular flexibility index (Phi) is 4.00. The lowest BCUT2D eigenvalue weighted by atomic mass is 10.1. The fourth-order valence-corrected chi connectivity index (χ4v) is 3.21. The molecule has 1 N–H and O–H groups in total. The molecule has 0 radical (unpaired) electrons. The Bertz CT molecular complexity index is 710. The minimum absolute atomic E-state index is 0.0477. The first-order chi connectivity index (χ1) is 10.3. The molecule has 4 nitrogen and oxygen atoms in total. The lowest BCUT2D eigenvalue weighted by Crippen LogP contribution is -2.35. The Labute approximate surface area is 127 Å². The molecule has 0 atom stereocenters. The van der Waals surface area contributed by atoms with Crippen LogP contribution >= 0.6 is 11.3 Å². The molecule has 0 saturated carbocycles. The third-order valence-electron chi connectivity index (χ3n) is 3.39. The summed E-state index contributed by atoms with van der Waals surface area (Å²) in [5.41, 5.74) is 2.37. The quantitative estimate of drug-likeness (QED) is 0.815. The molecule has 0 bridgehead atoms. The lowest BCUT2D eigenvalue weighted by molar-refractivity contribution is 0.0730. The normalized spacial score (nSPS) is 13.3. The molecule has 0 spiro atoms. The van der Waals surface area contributed by atoms with E-state index in [4.69, 9.17) is 5.11 Å². The molecule has 1 aliphatic rings. The second-order valence-corrected chi connectivity index (χ2v) is 5.74.